The molecule has 1 N–H and O–H groups in total. The van der Waals surface area contributed by atoms with Crippen molar-refractivity contribution >= 4 is 16.8 Å². The van der Waals surface area contributed by atoms with Crippen LogP contribution in [0.2, 0.25) is 0 Å². The molecule has 0 atom stereocenters. The maximum absolute atomic E-state index is 13.4. The van der Waals surface area contributed by atoms with Gasteiger partial charge in [-0.25, -0.2) is 4.39 Å². The highest BCUT2D eigenvalue weighted by Crippen LogP contribution is 2.19. The van der Waals surface area contributed by atoms with Crippen molar-refractivity contribution in [1.29, 1.82) is 0 Å². The molecule has 2 heterocycles. The molecule has 2 aromatic carbocycles. The van der Waals surface area contributed by atoms with Gasteiger partial charge < -0.3 is 14.4 Å². The van der Waals surface area contributed by atoms with Gasteiger partial charge in [0.2, 0.25) is 17.3 Å². The number of aromatic nitrogens is 3. The van der Waals surface area contributed by atoms with E-state index in [1.54, 1.807) is 7.05 Å². The van der Waals surface area contributed by atoms with Crippen LogP contribution in [0.15, 0.2) is 63.9 Å². The number of pyridine rings is 1. The lowest BCUT2D eigenvalue weighted by molar-refractivity contribution is 0.0771. The minimum Gasteiger partial charge on any atom is -0.337 e. The lowest BCUT2D eigenvalue weighted by atomic mass is 10.1. The normalized spacial score (nSPS) is 10.9. The second-order valence-corrected chi connectivity index (χ2v) is 6.28. The Morgan fingerprint density at radius 2 is 1.96 bits per heavy atom. The zero-order valence-corrected chi connectivity index (χ0v) is 14.8. The molecule has 0 bridgehead atoms. The van der Waals surface area contributed by atoms with Crippen molar-refractivity contribution in [2.45, 2.75) is 6.54 Å². The Balaban J connectivity index is 1.60. The van der Waals surface area contributed by atoms with E-state index in [0.29, 0.717) is 11.2 Å². The molecule has 0 radical (unpaired) electrons. The Morgan fingerprint density at radius 3 is 2.75 bits per heavy atom. The summed E-state index contributed by atoms with van der Waals surface area (Å²) in [5.74, 6) is -0.231. The van der Waals surface area contributed by atoms with Crippen molar-refractivity contribution in [2.75, 3.05) is 7.05 Å². The number of carbonyl (C=O) groups excluding carboxylic acids is 1. The summed E-state index contributed by atoms with van der Waals surface area (Å²) in [4.78, 5) is 32.9. The maximum atomic E-state index is 13.4. The van der Waals surface area contributed by atoms with E-state index in [2.05, 4.69) is 15.1 Å². The quantitative estimate of drug-likeness (QED) is 0.589. The van der Waals surface area contributed by atoms with Crippen LogP contribution in [0.3, 0.4) is 0 Å². The summed E-state index contributed by atoms with van der Waals surface area (Å²) in [5, 5.41) is 4.38. The van der Waals surface area contributed by atoms with Crippen LogP contribution >= 0.6 is 0 Å². The van der Waals surface area contributed by atoms with Crippen molar-refractivity contribution in [3.63, 3.8) is 0 Å². The lowest BCUT2D eigenvalue weighted by Gasteiger charge is -2.16. The number of aromatic amines is 1. The van der Waals surface area contributed by atoms with Crippen LogP contribution in [-0.2, 0) is 6.54 Å². The predicted octanol–water partition coefficient (Wildman–Crippen LogP) is 2.99. The van der Waals surface area contributed by atoms with Crippen molar-refractivity contribution in [2.24, 2.45) is 0 Å². The minimum absolute atomic E-state index is 0.0636. The van der Waals surface area contributed by atoms with E-state index >= 15 is 0 Å². The molecule has 0 fully saturated rings. The molecule has 0 saturated carbocycles. The monoisotopic (exact) mass is 378 g/mol. The van der Waals surface area contributed by atoms with E-state index in [9.17, 15) is 14.0 Å². The lowest BCUT2D eigenvalue weighted by Crippen LogP contribution is -2.27. The highest BCUT2D eigenvalue weighted by Gasteiger charge is 2.19. The van der Waals surface area contributed by atoms with Crippen molar-refractivity contribution in [3.8, 4) is 11.4 Å². The summed E-state index contributed by atoms with van der Waals surface area (Å²) in [7, 11) is 1.56. The van der Waals surface area contributed by atoms with E-state index in [1.165, 1.54) is 29.2 Å². The van der Waals surface area contributed by atoms with Crippen molar-refractivity contribution in [1.82, 2.24) is 20.0 Å². The fourth-order valence-corrected chi connectivity index (χ4v) is 2.91. The van der Waals surface area contributed by atoms with Gasteiger partial charge in [0.15, 0.2) is 0 Å². The number of H-pyrrole nitrogens is 1. The van der Waals surface area contributed by atoms with Crippen LogP contribution in [0.4, 0.5) is 4.39 Å². The van der Waals surface area contributed by atoms with Crippen LogP contribution in [-0.4, -0.2) is 33.0 Å². The second-order valence-electron chi connectivity index (χ2n) is 6.28. The third-order valence-electron chi connectivity index (χ3n) is 4.25. The molecular formula is C20H15FN4O3. The SMILES string of the molecule is CN(Cc1nc(-c2ccccc2)no1)C(=O)c1cc(=O)[nH]c2cc(F)ccc12. The van der Waals surface area contributed by atoms with E-state index in [4.69, 9.17) is 4.52 Å². The number of amides is 1. The second kappa shape index (κ2) is 7.07. The van der Waals surface area contributed by atoms with Crippen LogP contribution in [0.1, 0.15) is 16.2 Å². The first-order chi connectivity index (χ1) is 13.5. The van der Waals surface area contributed by atoms with Gasteiger partial charge in [0.1, 0.15) is 5.82 Å². The molecule has 0 unspecified atom stereocenters. The van der Waals surface area contributed by atoms with Crippen LogP contribution in [0.25, 0.3) is 22.3 Å². The minimum atomic E-state index is -0.500. The summed E-state index contributed by atoms with van der Waals surface area (Å²) < 4.78 is 18.7. The van der Waals surface area contributed by atoms with Crippen molar-refractivity contribution < 1.29 is 13.7 Å². The average Bonchev–Trinajstić information content (AvgIpc) is 3.15. The molecule has 1 amide bonds. The number of rotatable bonds is 4. The first-order valence-electron chi connectivity index (χ1n) is 8.47. The third-order valence-corrected chi connectivity index (χ3v) is 4.25. The van der Waals surface area contributed by atoms with Crippen LogP contribution in [0, 0.1) is 5.82 Å². The first-order valence-corrected chi connectivity index (χ1v) is 8.47. The summed E-state index contributed by atoms with van der Waals surface area (Å²) in [6.07, 6.45) is 0. The number of carbonyl (C=O) groups is 1. The fourth-order valence-electron chi connectivity index (χ4n) is 2.91. The average molecular weight is 378 g/mol. The smallest absolute Gasteiger partial charge is 0.254 e. The molecule has 0 spiro atoms. The summed E-state index contributed by atoms with van der Waals surface area (Å²) in [6, 6.07) is 14.4. The zero-order valence-electron chi connectivity index (χ0n) is 14.8. The van der Waals surface area contributed by atoms with Gasteiger partial charge in [0.25, 0.3) is 5.91 Å². The van der Waals surface area contributed by atoms with Gasteiger partial charge in [-0.1, -0.05) is 35.5 Å². The number of nitrogens with zero attached hydrogens (tertiary/aromatic N) is 3. The largest absolute Gasteiger partial charge is 0.337 e. The number of hydrogen-bond donors (Lipinski definition) is 1. The first kappa shape index (κ1) is 17.6. The molecule has 0 saturated heterocycles. The number of halogens is 1. The van der Waals surface area contributed by atoms with E-state index in [0.717, 1.165) is 5.56 Å². The molecule has 140 valence electrons. The molecule has 0 aliphatic carbocycles. The molecule has 0 aliphatic heterocycles. The van der Waals surface area contributed by atoms with E-state index in [-0.39, 0.29) is 23.5 Å². The van der Waals surface area contributed by atoms with Gasteiger partial charge >= 0.3 is 0 Å². The topological polar surface area (TPSA) is 92.1 Å². The molecule has 0 aliphatic rings. The highest BCUT2D eigenvalue weighted by atomic mass is 19.1. The molecule has 8 heteroatoms. The van der Waals surface area contributed by atoms with Gasteiger partial charge in [0.05, 0.1) is 17.6 Å². The number of nitrogens with one attached hydrogen (secondary N) is 1. The van der Waals surface area contributed by atoms with Crippen molar-refractivity contribution in [3.05, 3.63) is 82.2 Å². The van der Waals surface area contributed by atoms with Gasteiger partial charge in [-0.15, -0.1) is 0 Å². The number of benzene rings is 2. The molecule has 4 rings (SSSR count). The summed E-state index contributed by atoms with van der Waals surface area (Å²) in [5.41, 5.74) is 0.741. The Labute approximate surface area is 158 Å². The Kier molecular flexibility index (Phi) is 4.44. The molecular weight excluding hydrogens is 363 g/mol. The Bertz CT molecular complexity index is 1220. The number of fused-ring (bicyclic) bond motifs is 1. The van der Waals surface area contributed by atoms with Crippen LogP contribution < -0.4 is 5.56 Å². The zero-order chi connectivity index (χ0) is 19.7. The van der Waals surface area contributed by atoms with E-state index < -0.39 is 17.3 Å². The van der Waals surface area contributed by atoms with Gasteiger partial charge in [-0.3, -0.25) is 9.59 Å². The van der Waals surface area contributed by atoms with E-state index in [1.807, 2.05) is 30.3 Å². The molecule has 7 nitrogen and oxygen atoms in total. The number of hydrogen-bond acceptors (Lipinski definition) is 5. The Morgan fingerprint density at radius 1 is 1.18 bits per heavy atom. The van der Waals surface area contributed by atoms with Gasteiger partial charge in [0, 0.05) is 24.1 Å². The Hall–Kier alpha value is -3.81. The summed E-state index contributed by atoms with van der Waals surface area (Å²) in [6.45, 7) is 0.0636. The van der Waals surface area contributed by atoms with Crippen LogP contribution in [0.5, 0.6) is 0 Å². The third kappa shape index (κ3) is 3.39. The highest BCUT2D eigenvalue weighted by molar-refractivity contribution is 6.05. The standard InChI is InChI=1S/C20H15FN4O3/c1-25(11-18-23-19(24-28-18)12-5-3-2-4-6-12)20(27)15-10-17(26)22-16-9-13(21)7-8-14(15)16/h2-10H,11H2,1H3,(H,22,26). The molecule has 4 aromatic rings. The van der Waals surface area contributed by atoms with Gasteiger partial charge in [-0.2, -0.15) is 4.98 Å². The maximum Gasteiger partial charge on any atom is 0.254 e. The molecule has 2 aromatic heterocycles. The molecule has 28 heavy (non-hydrogen) atoms. The summed E-state index contributed by atoms with van der Waals surface area (Å²) >= 11 is 0. The van der Waals surface area contributed by atoms with Gasteiger partial charge in [-0.05, 0) is 18.2 Å². The fraction of sp³-hybridized carbons (Fsp3) is 0.100. The predicted molar refractivity (Wildman–Crippen MR) is 100 cm³/mol.